The van der Waals surface area contributed by atoms with Gasteiger partial charge in [-0.15, -0.1) is 0 Å². The molecule has 4 rings (SSSR count). The molecule has 0 aromatic heterocycles. The van der Waals surface area contributed by atoms with Crippen molar-refractivity contribution in [1.82, 2.24) is 10.2 Å². The van der Waals surface area contributed by atoms with Crippen molar-refractivity contribution < 1.29 is 14.6 Å². The van der Waals surface area contributed by atoms with E-state index in [1.165, 1.54) is 31.2 Å². The number of ether oxygens (including phenoxy) is 1. The van der Waals surface area contributed by atoms with Gasteiger partial charge in [0.05, 0.1) is 19.3 Å². The van der Waals surface area contributed by atoms with Crippen molar-refractivity contribution in [2.45, 2.75) is 75.3 Å². The highest BCUT2D eigenvalue weighted by atomic mass is 16.5. The lowest BCUT2D eigenvalue weighted by Crippen LogP contribution is -2.48. The van der Waals surface area contributed by atoms with Crippen LogP contribution in [0.5, 0.6) is 0 Å². The van der Waals surface area contributed by atoms with E-state index in [-0.39, 0.29) is 23.5 Å². The highest BCUT2D eigenvalue weighted by molar-refractivity contribution is 5.76. The summed E-state index contributed by atoms with van der Waals surface area (Å²) in [6.07, 6.45) is 8.91. The fourth-order valence-electron chi connectivity index (χ4n) is 5.87. The first-order chi connectivity index (χ1) is 14.7. The summed E-state index contributed by atoms with van der Waals surface area (Å²) < 4.78 is 5.52. The predicted molar refractivity (Wildman–Crippen MR) is 118 cm³/mol. The number of nitrogens with zero attached hydrogens (tertiary/aromatic N) is 1. The average Bonchev–Trinajstić information content (AvgIpc) is 3.23. The lowest BCUT2D eigenvalue weighted by Gasteiger charge is -2.37. The molecule has 1 amide bonds. The number of carbonyl (C=O) groups is 1. The number of nitrogens with one attached hydrogen (secondary N) is 1. The summed E-state index contributed by atoms with van der Waals surface area (Å²) in [7, 11) is 0. The number of carbonyl (C=O) groups excluding carboxylic acids is 1. The Hall–Kier alpha value is -1.43. The second kappa shape index (κ2) is 10.3. The number of rotatable bonds is 6. The number of amides is 1. The van der Waals surface area contributed by atoms with Crippen LogP contribution >= 0.6 is 0 Å². The average molecular weight is 415 g/mol. The molecule has 30 heavy (non-hydrogen) atoms. The van der Waals surface area contributed by atoms with Gasteiger partial charge in [-0.05, 0) is 50.0 Å². The highest BCUT2D eigenvalue weighted by Gasteiger charge is 2.40. The third kappa shape index (κ3) is 5.24. The molecule has 1 heterocycles. The molecule has 3 fully saturated rings. The zero-order valence-electron chi connectivity index (χ0n) is 18.2. The minimum Gasteiger partial charge on any atom is -0.391 e. The number of aliphatic hydroxyl groups is 1. The summed E-state index contributed by atoms with van der Waals surface area (Å²) in [5.41, 5.74) is 1.19. The Balaban J connectivity index is 1.46. The van der Waals surface area contributed by atoms with E-state index < -0.39 is 0 Å². The van der Waals surface area contributed by atoms with Crippen LogP contribution in [0.4, 0.5) is 0 Å². The summed E-state index contributed by atoms with van der Waals surface area (Å²) in [4.78, 5) is 15.1. The standard InChI is InChI=1S/C25H38N2O3/c28-23-11-13-25(21-8-2-1-3-9-21,12-10-22(23)27-14-16-30-17-15-27)19-26-24(29)18-20-6-4-5-7-20/h1-3,8-9,20,22-23,28H,4-7,10-19H2,(H,26,29)/t22-,23-,25-/m1/s1. The quantitative estimate of drug-likeness (QED) is 0.702. The van der Waals surface area contributed by atoms with Gasteiger partial charge in [0.15, 0.2) is 0 Å². The van der Waals surface area contributed by atoms with E-state index in [1.54, 1.807) is 0 Å². The molecule has 3 atom stereocenters. The smallest absolute Gasteiger partial charge is 0.220 e. The van der Waals surface area contributed by atoms with Crippen molar-refractivity contribution in [3.05, 3.63) is 35.9 Å². The van der Waals surface area contributed by atoms with Crippen LogP contribution in [0.1, 0.15) is 63.4 Å². The molecule has 5 nitrogen and oxygen atoms in total. The lowest BCUT2D eigenvalue weighted by atomic mass is 9.74. The van der Waals surface area contributed by atoms with Crippen LogP contribution in [0.3, 0.4) is 0 Å². The number of hydrogen-bond donors (Lipinski definition) is 2. The molecule has 0 radical (unpaired) electrons. The molecule has 0 spiro atoms. The first-order valence-corrected chi connectivity index (χ1v) is 12.0. The maximum atomic E-state index is 12.7. The summed E-state index contributed by atoms with van der Waals surface area (Å²) in [6.45, 7) is 3.98. The Morgan fingerprint density at radius 1 is 1.07 bits per heavy atom. The topological polar surface area (TPSA) is 61.8 Å². The molecule has 2 saturated carbocycles. The molecule has 5 heteroatoms. The van der Waals surface area contributed by atoms with E-state index in [0.29, 0.717) is 18.9 Å². The normalized spacial score (nSPS) is 31.4. The van der Waals surface area contributed by atoms with Gasteiger partial charge in [0.1, 0.15) is 0 Å². The van der Waals surface area contributed by atoms with Crippen LogP contribution in [0.2, 0.25) is 0 Å². The van der Waals surface area contributed by atoms with Gasteiger partial charge < -0.3 is 15.2 Å². The summed E-state index contributed by atoms with van der Waals surface area (Å²) >= 11 is 0. The van der Waals surface area contributed by atoms with Crippen molar-refractivity contribution >= 4 is 5.91 Å². The van der Waals surface area contributed by atoms with Gasteiger partial charge in [0, 0.05) is 37.5 Å². The maximum absolute atomic E-state index is 12.7. The molecule has 3 aliphatic rings. The number of morpholine rings is 1. The van der Waals surface area contributed by atoms with Gasteiger partial charge in [-0.25, -0.2) is 0 Å². The van der Waals surface area contributed by atoms with E-state index in [2.05, 4.69) is 40.5 Å². The van der Waals surface area contributed by atoms with Gasteiger partial charge in [0.25, 0.3) is 0 Å². The van der Waals surface area contributed by atoms with Crippen molar-refractivity contribution in [2.24, 2.45) is 5.92 Å². The van der Waals surface area contributed by atoms with E-state index in [1.807, 2.05) is 0 Å². The van der Waals surface area contributed by atoms with Gasteiger partial charge in [-0.1, -0.05) is 43.2 Å². The molecule has 1 aliphatic heterocycles. The minimum atomic E-state index is -0.317. The van der Waals surface area contributed by atoms with Gasteiger partial charge in [-0.2, -0.15) is 0 Å². The van der Waals surface area contributed by atoms with E-state index in [9.17, 15) is 9.90 Å². The van der Waals surface area contributed by atoms with Crippen LogP contribution in [-0.2, 0) is 14.9 Å². The molecule has 0 unspecified atom stereocenters. The monoisotopic (exact) mass is 414 g/mol. The first kappa shape index (κ1) is 21.8. The largest absolute Gasteiger partial charge is 0.391 e. The Bertz CT molecular complexity index is 670. The summed E-state index contributed by atoms with van der Waals surface area (Å²) in [5.74, 6) is 0.770. The zero-order valence-corrected chi connectivity index (χ0v) is 18.2. The third-order valence-corrected chi connectivity index (χ3v) is 7.76. The lowest BCUT2D eigenvalue weighted by molar-refractivity contribution is -0.122. The Kier molecular flexibility index (Phi) is 7.45. The van der Waals surface area contributed by atoms with E-state index in [4.69, 9.17) is 4.74 Å². The SMILES string of the molecule is O=C(CC1CCCC1)NC[C@]1(c2ccccc2)CC[C@@H](O)[C@H](N2CCOCC2)CC1. The molecule has 2 aliphatic carbocycles. The van der Waals surface area contributed by atoms with E-state index >= 15 is 0 Å². The second-order valence-corrected chi connectivity index (χ2v) is 9.64. The fraction of sp³-hybridized carbons (Fsp3) is 0.720. The highest BCUT2D eigenvalue weighted by Crippen LogP contribution is 2.39. The summed E-state index contributed by atoms with van der Waals surface area (Å²) in [5, 5.41) is 14.3. The van der Waals surface area contributed by atoms with E-state index in [0.717, 1.165) is 52.0 Å². The number of benzene rings is 1. The first-order valence-electron chi connectivity index (χ1n) is 12.0. The van der Waals surface area contributed by atoms with Crippen molar-refractivity contribution in [3.63, 3.8) is 0 Å². The van der Waals surface area contributed by atoms with Crippen LogP contribution < -0.4 is 5.32 Å². The van der Waals surface area contributed by atoms with Crippen LogP contribution in [0, 0.1) is 5.92 Å². The van der Waals surface area contributed by atoms with Gasteiger partial charge >= 0.3 is 0 Å². The molecule has 1 aromatic carbocycles. The third-order valence-electron chi connectivity index (χ3n) is 7.76. The van der Waals surface area contributed by atoms with Crippen molar-refractivity contribution in [1.29, 1.82) is 0 Å². The Morgan fingerprint density at radius 3 is 2.50 bits per heavy atom. The number of hydrogen-bond acceptors (Lipinski definition) is 4. The predicted octanol–water partition coefficient (Wildman–Crippen LogP) is 3.26. The molecular weight excluding hydrogens is 376 g/mol. The molecular formula is C25H38N2O3. The van der Waals surface area contributed by atoms with Crippen LogP contribution in [0.25, 0.3) is 0 Å². The minimum absolute atomic E-state index is 0.103. The fourth-order valence-corrected chi connectivity index (χ4v) is 5.87. The van der Waals surface area contributed by atoms with Crippen LogP contribution in [0.15, 0.2) is 30.3 Å². The Morgan fingerprint density at radius 2 is 1.77 bits per heavy atom. The number of aliphatic hydroxyl groups excluding tert-OH is 1. The van der Waals surface area contributed by atoms with Crippen LogP contribution in [-0.4, -0.2) is 60.9 Å². The molecule has 2 N–H and O–H groups in total. The van der Waals surface area contributed by atoms with Gasteiger partial charge in [-0.3, -0.25) is 9.69 Å². The second-order valence-electron chi connectivity index (χ2n) is 9.64. The van der Waals surface area contributed by atoms with Gasteiger partial charge in [0.2, 0.25) is 5.91 Å². The van der Waals surface area contributed by atoms with Crippen molar-refractivity contribution in [2.75, 3.05) is 32.8 Å². The zero-order chi connectivity index (χ0) is 20.8. The van der Waals surface area contributed by atoms with Crippen molar-refractivity contribution in [3.8, 4) is 0 Å². The Labute approximate surface area is 181 Å². The molecule has 0 bridgehead atoms. The molecule has 166 valence electrons. The molecule has 1 aromatic rings. The maximum Gasteiger partial charge on any atom is 0.220 e. The summed E-state index contributed by atoms with van der Waals surface area (Å²) in [6, 6.07) is 10.8. The molecule has 1 saturated heterocycles.